The SMILES string of the molecule is N#Cc1cccc(N2CCN(CCC3CCC(NC(=O)[C@@H]4CCCN4)CC3)CC2)c1. The second kappa shape index (κ2) is 10.3. The minimum atomic E-state index is 0.0452. The van der Waals surface area contributed by atoms with Gasteiger partial charge in [0.25, 0.3) is 0 Å². The summed E-state index contributed by atoms with van der Waals surface area (Å²) >= 11 is 0. The zero-order valence-electron chi connectivity index (χ0n) is 18.0. The van der Waals surface area contributed by atoms with Crippen LogP contribution in [0, 0.1) is 17.2 Å². The van der Waals surface area contributed by atoms with E-state index in [0.29, 0.717) is 6.04 Å². The monoisotopic (exact) mass is 409 g/mol. The molecule has 30 heavy (non-hydrogen) atoms. The third-order valence-corrected chi connectivity index (χ3v) is 7.14. The topological polar surface area (TPSA) is 71.4 Å². The Bertz CT molecular complexity index is 738. The summed E-state index contributed by atoms with van der Waals surface area (Å²) < 4.78 is 0. The first-order valence-electron chi connectivity index (χ1n) is 11.7. The molecule has 4 rings (SSSR count). The Morgan fingerprint density at radius 1 is 1.13 bits per heavy atom. The molecule has 6 nitrogen and oxygen atoms in total. The Labute approximate surface area is 180 Å². The maximum Gasteiger partial charge on any atom is 0.237 e. The van der Waals surface area contributed by atoms with E-state index >= 15 is 0 Å². The molecule has 1 aromatic rings. The number of hydrogen-bond acceptors (Lipinski definition) is 5. The van der Waals surface area contributed by atoms with Crippen molar-refractivity contribution in [1.82, 2.24) is 15.5 Å². The number of nitrogens with zero attached hydrogens (tertiary/aromatic N) is 3. The van der Waals surface area contributed by atoms with Gasteiger partial charge in [0.1, 0.15) is 0 Å². The maximum atomic E-state index is 12.3. The summed E-state index contributed by atoms with van der Waals surface area (Å²) in [7, 11) is 0. The maximum absolute atomic E-state index is 12.3. The predicted molar refractivity (Wildman–Crippen MR) is 119 cm³/mol. The Kier molecular flexibility index (Phi) is 7.24. The van der Waals surface area contributed by atoms with Crippen molar-refractivity contribution in [2.24, 2.45) is 5.92 Å². The smallest absolute Gasteiger partial charge is 0.237 e. The molecule has 0 bridgehead atoms. The molecule has 3 fully saturated rings. The second-order valence-corrected chi connectivity index (χ2v) is 9.15. The van der Waals surface area contributed by atoms with Crippen molar-refractivity contribution in [2.75, 3.05) is 44.2 Å². The number of hydrogen-bond donors (Lipinski definition) is 2. The molecule has 0 aromatic heterocycles. The molecule has 1 aliphatic carbocycles. The van der Waals surface area contributed by atoms with E-state index in [-0.39, 0.29) is 11.9 Å². The van der Waals surface area contributed by atoms with Gasteiger partial charge in [-0.3, -0.25) is 9.69 Å². The van der Waals surface area contributed by atoms with Crippen LogP contribution in [0.5, 0.6) is 0 Å². The number of carbonyl (C=O) groups is 1. The van der Waals surface area contributed by atoms with Gasteiger partial charge in [0.05, 0.1) is 17.7 Å². The third kappa shape index (κ3) is 5.53. The van der Waals surface area contributed by atoms with E-state index in [1.165, 1.54) is 31.5 Å². The number of anilines is 1. The fraction of sp³-hybridized carbons (Fsp3) is 0.667. The van der Waals surface area contributed by atoms with E-state index in [2.05, 4.69) is 32.6 Å². The van der Waals surface area contributed by atoms with Crippen molar-refractivity contribution < 1.29 is 4.79 Å². The lowest BCUT2D eigenvalue weighted by Gasteiger charge is -2.37. The minimum Gasteiger partial charge on any atom is -0.369 e. The molecule has 2 aliphatic heterocycles. The summed E-state index contributed by atoms with van der Waals surface area (Å²) in [5.41, 5.74) is 1.91. The van der Waals surface area contributed by atoms with Crippen molar-refractivity contribution in [1.29, 1.82) is 5.26 Å². The minimum absolute atomic E-state index is 0.0452. The van der Waals surface area contributed by atoms with Crippen LogP contribution < -0.4 is 15.5 Å². The van der Waals surface area contributed by atoms with Crippen LogP contribution in [-0.4, -0.2) is 62.2 Å². The van der Waals surface area contributed by atoms with Gasteiger partial charge >= 0.3 is 0 Å². The molecule has 1 aromatic carbocycles. The van der Waals surface area contributed by atoms with Crippen molar-refractivity contribution in [3.05, 3.63) is 29.8 Å². The molecule has 3 aliphatic rings. The van der Waals surface area contributed by atoms with Crippen LogP contribution in [0.25, 0.3) is 0 Å². The van der Waals surface area contributed by atoms with Crippen LogP contribution in [0.2, 0.25) is 0 Å². The van der Waals surface area contributed by atoms with E-state index in [9.17, 15) is 4.79 Å². The first-order valence-corrected chi connectivity index (χ1v) is 11.7. The highest BCUT2D eigenvalue weighted by Gasteiger charge is 2.27. The number of nitriles is 1. The Morgan fingerprint density at radius 2 is 1.93 bits per heavy atom. The highest BCUT2D eigenvalue weighted by Crippen LogP contribution is 2.27. The molecule has 1 amide bonds. The van der Waals surface area contributed by atoms with Crippen LogP contribution in [0.3, 0.4) is 0 Å². The summed E-state index contributed by atoms with van der Waals surface area (Å²) in [5, 5.41) is 15.7. The zero-order chi connectivity index (χ0) is 20.8. The summed E-state index contributed by atoms with van der Waals surface area (Å²) in [6.45, 7) is 6.41. The van der Waals surface area contributed by atoms with Crippen LogP contribution in [0.4, 0.5) is 5.69 Å². The number of nitrogens with one attached hydrogen (secondary N) is 2. The standard InChI is InChI=1S/C24H35N5O/c25-18-20-3-1-4-22(17-20)29-15-13-28(14-16-29)12-10-19-6-8-21(9-7-19)27-24(30)23-5-2-11-26-23/h1,3-4,17,19,21,23,26H,2,5-16H2,(H,27,30)/t19?,21?,23-/m0/s1. The molecule has 0 spiro atoms. The average Bonchev–Trinajstić information content (AvgIpc) is 3.34. The molecular weight excluding hydrogens is 374 g/mol. The van der Waals surface area contributed by atoms with Crippen LogP contribution in [0.15, 0.2) is 24.3 Å². The molecule has 0 unspecified atom stereocenters. The number of piperazine rings is 1. The summed E-state index contributed by atoms with van der Waals surface area (Å²) in [4.78, 5) is 17.3. The average molecular weight is 410 g/mol. The lowest BCUT2D eigenvalue weighted by molar-refractivity contribution is -0.123. The fourth-order valence-corrected chi connectivity index (χ4v) is 5.17. The quantitative estimate of drug-likeness (QED) is 0.755. The molecule has 162 valence electrons. The van der Waals surface area contributed by atoms with E-state index in [1.807, 2.05) is 18.2 Å². The van der Waals surface area contributed by atoms with Crippen molar-refractivity contribution >= 4 is 11.6 Å². The molecule has 1 atom stereocenters. The Morgan fingerprint density at radius 3 is 2.63 bits per heavy atom. The molecule has 2 N–H and O–H groups in total. The van der Waals surface area contributed by atoms with E-state index < -0.39 is 0 Å². The van der Waals surface area contributed by atoms with Gasteiger partial charge in [-0.25, -0.2) is 0 Å². The molecule has 2 saturated heterocycles. The van der Waals surface area contributed by atoms with Crippen molar-refractivity contribution in [3.8, 4) is 6.07 Å². The van der Waals surface area contributed by atoms with E-state index in [0.717, 1.165) is 69.9 Å². The number of amides is 1. The van der Waals surface area contributed by atoms with E-state index in [1.54, 1.807) is 0 Å². The molecule has 6 heteroatoms. The first-order chi connectivity index (χ1) is 14.7. The van der Waals surface area contributed by atoms with Gasteiger partial charge in [0.2, 0.25) is 5.91 Å². The first kappa shape index (κ1) is 21.1. The van der Waals surface area contributed by atoms with Gasteiger partial charge in [-0.2, -0.15) is 5.26 Å². The molecule has 0 radical (unpaired) electrons. The summed E-state index contributed by atoms with van der Waals surface area (Å²) in [6, 6.07) is 10.6. The third-order valence-electron chi connectivity index (χ3n) is 7.14. The molecule has 2 heterocycles. The van der Waals surface area contributed by atoms with Crippen LogP contribution in [-0.2, 0) is 4.79 Å². The number of carbonyl (C=O) groups excluding carboxylic acids is 1. The lowest BCUT2D eigenvalue weighted by atomic mass is 9.84. The van der Waals surface area contributed by atoms with Crippen molar-refractivity contribution in [3.63, 3.8) is 0 Å². The zero-order valence-corrected chi connectivity index (χ0v) is 18.0. The lowest BCUT2D eigenvalue weighted by Crippen LogP contribution is -2.47. The second-order valence-electron chi connectivity index (χ2n) is 9.15. The molecule has 1 saturated carbocycles. The Balaban J connectivity index is 1.13. The van der Waals surface area contributed by atoms with Gasteiger partial charge in [-0.05, 0) is 82.2 Å². The predicted octanol–water partition coefficient (Wildman–Crippen LogP) is 2.50. The van der Waals surface area contributed by atoms with Crippen molar-refractivity contribution in [2.45, 2.75) is 57.0 Å². The molecular formula is C24H35N5O. The van der Waals surface area contributed by atoms with Crippen LogP contribution >= 0.6 is 0 Å². The van der Waals surface area contributed by atoms with Gasteiger partial charge in [0, 0.05) is 37.9 Å². The highest BCUT2D eigenvalue weighted by atomic mass is 16.2. The number of benzene rings is 1. The Hall–Kier alpha value is -2.10. The fourth-order valence-electron chi connectivity index (χ4n) is 5.17. The van der Waals surface area contributed by atoms with Gasteiger partial charge in [-0.15, -0.1) is 0 Å². The van der Waals surface area contributed by atoms with Gasteiger partial charge in [0.15, 0.2) is 0 Å². The normalized spacial score (nSPS) is 27.6. The highest BCUT2D eigenvalue weighted by molar-refractivity contribution is 5.82. The summed E-state index contributed by atoms with van der Waals surface area (Å²) in [6.07, 6.45) is 8.12. The summed E-state index contributed by atoms with van der Waals surface area (Å²) in [5.74, 6) is 1.02. The van der Waals surface area contributed by atoms with E-state index in [4.69, 9.17) is 5.26 Å². The van der Waals surface area contributed by atoms with Gasteiger partial charge in [-0.1, -0.05) is 6.07 Å². The van der Waals surface area contributed by atoms with Gasteiger partial charge < -0.3 is 15.5 Å². The number of rotatable bonds is 6. The largest absolute Gasteiger partial charge is 0.369 e. The van der Waals surface area contributed by atoms with Crippen LogP contribution in [0.1, 0.15) is 50.5 Å².